The molecule has 0 aliphatic carbocycles. The minimum Gasteiger partial charge on any atom is -0.508 e. The second kappa shape index (κ2) is 48.7. The molecule has 0 spiro atoms. The number of carbonyl (C=O) groups is 20. The normalized spacial score (nSPS) is 16.7. The number of carbonyl (C=O) groups excluding carboxylic acids is 18. The smallest absolute Gasteiger partial charge is 0.322 e. The van der Waals surface area contributed by atoms with E-state index in [0.717, 1.165) is 0 Å². The number of nitrogens with one attached hydrogen (secondary N) is 15. The number of phenolic OH excluding ortho intramolecular Hbond substituents is 1. The molecule has 0 saturated carbocycles. The molecule has 0 unspecified atom stereocenters. The summed E-state index contributed by atoms with van der Waals surface area (Å²) in [5, 5.41) is 74.9. The molecule has 0 radical (unpaired) electrons. The summed E-state index contributed by atoms with van der Waals surface area (Å²) < 4.78 is 0. The Morgan fingerprint density at radius 3 is 1.25 bits per heavy atom. The molecule has 43 heteroatoms. The number of likely N-dealkylation sites (tertiary alicyclic amines) is 3. The molecule has 0 aromatic heterocycles. The zero-order chi connectivity index (χ0) is 89.9. The lowest BCUT2D eigenvalue weighted by molar-refractivity contribution is -0.142. The number of benzene rings is 3. The third-order valence-electron chi connectivity index (χ3n) is 19.8. The average molecular weight is 1710 g/mol. The fourth-order valence-corrected chi connectivity index (χ4v) is 13.6. The number of carboxylic acids is 2. The van der Waals surface area contributed by atoms with Crippen LogP contribution in [0.15, 0.2) is 84.9 Å². The third-order valence-corrected chi connectivity index (χ3v) is 19.8. The Bertz CT molecular complexity index is 4250. The monoisotopic (exact) mass is 1710 g/mol. The average Bonchev–Trinajstić information content (AvgIpc) is 1.68. The molecular formula is C79H109N19O24. The summed E-state index contributed by atoms with van der Waals surface area (Å²) in [6, 6.07) is 7.10. The Labute approximate surface area is 701 Å². The molecule has 3 aromatic rings. The molecule has 3 saturated heterocycles. The maximum Gasteiger partial charge on any atom is 0.322 e. The van der Waals surface area contributed by atoms with Crippen LogP contribution in [0.2, 0.25) is 0 Å². The van der Waals surface area contributed by atoms with Crippen LogP contribution in [0.3, 0.4) is 0 Å². The van der Waals surface area contributed by atoms with Crippen molar-refractivity contribution in [1.29, 1.82) is 0 Å². The molecule has 43 nitrogen and oxygen atoms in total. The number of aliphatic carboxylic acids is 2. The summed E-state index contributed by atoms with van der Waals surface area (Å²) in [5.74, 6) is -19.2. The molecule has 122 heavy (non-hydrogen) atoms. The van der Waals surface area contributed by atoms with Crippen LogP contribution in [-0.4, -0.2) is 298 Å². The van der Waals surface area contributed by atoms with Gasteiger partial charge in [-0.1, -0.05) is 100 Å². The predicted molar refractivity (Wildman–Crippen MR) is 429 cm³/mol. The zero-order valence-corrected chi connectivity index (χ0v) is 68.2. The third kappa shape index (κ3) is 31.8. The molecule has 3 aliphatic heterocycles. The van der Waals surface area contributed by atoms with Crippen molar-refractivity contribution >= 4 is 118 Å². The molecule has 3 aliphatic rings. The zero-order valence-electron chi connectivity index (χ0n) is 68.2. The molecule has 18 amide bonds. The summed E-state index contributed by atoms with van der Waals surface area (Å²) in [5.41, 5.74) is 6.85. The van der Waals surface area contributed by atoms with Crippen molar-refractivity contribution in [2.24, 2.45) is 17.6 Å². The van der Waals surface area contributed by atoms with E-state index in [1.807, 2.05) is 0 Å². The van der Waals surface area contributed by atoms with Gasteiger partial charge in [0, 0.05) is 38.9 Å². The first-order valence-electron chi connectivity index (χ1n) is 39.8. The number of rotatable bonds is 46. The van der Waals surface area contributed by atoms with Crippen molar-refractivity contribution in [2.45, 2.75) is 172 Å². The van der Waals surface area contributed by atoms with Crippen LogP contribution in [0.4, 0.5) is 0 Å². The molecule has 6 rings (SSSR count). The second-order valence-electron chi connectivity index (χ2n) is 30.1. The molecule has 3 aromatic carbocycles. The van der Waals surface area contributed by atoms with Crippen molar-refractivity contribution in [2.75, 3.05) is 78.6 Å². The molecule has 3 fully saturated rings. The van der Waals surface area contributed by atoms with Gasteiger partial charge in [-0.2, -0.15) is 0 Å². The number of nitrogens with two attached hydrogens (primary N) is 1. The molecule has 3 heterocycles. The van der Waals surface area contributed by atoms with Crippen molar-refractivity contribution in [3.05, 3.63) is 102 Å². The molecule has 21 N–H and O–H groups in total. The number of carboxylic acid groups (broad SMARTS) is 2. The van der Waals surface area contributed by atoms with Gasteiger partial charge in [-0.25, -0.2) is 0 Å². The van der Waals surface area contributed by atoms with Crippen molar-refractivity contribution < 1.29 is 116 Å². The lowest BCUT2D eigenvalue weighted by Crippen LogP contribution is -2.59. The number of aromatic hydroxyl groups is 1. The standard InChI is InChI=1S/C79H109N19O24/c1-43(2)29-54(79(122)98-28-14-20-57(98)75(118)85-38-61(103)88-45(5)78(121)97-27-13-19-56(97)74(117)86-40-63(105)90-52(31-47-17-10-7-11-18-47)73(116)95-68(44(3)4)77(120)87-41-67(110)111)91-64(106)39-84-69(112)50(30-46-15-8-6-9-16-46)92-72(115)53(33-66(108)109)93-71(114)51(32-48-22-24-49(100)25-23-48)89-62(104)37-82-59(101)35-81-60(102)36-83-70(113)55(42-99)94-76(119)58-21-12-26-96(58)65(107)34-80/h6-11,15-18,22-25,43-45,50-58,68,99-100H,12-14,19-21,26-42,80H2,1-5H3,(H,81,102)(H,82,101)(H,83,113)(H,84,112)(H,85,118)(H,86,117)(H,87,120)(H,88,103)(H,89,104)(H,90,105)(H,91,106)(H,92,115)(H,93,114)(H,94,119)(H,95,116)(H,108,109)(H,110,111)/t45-,50-,51-,52-,53-,54-,55-,56-,57-,58-,68-/m0/s1. The Kier molecular flexibility index (Phi) is 39.0. The summed E-state index contributed by atoms with van der Waals surface area (Å²) in [6.07, 6.45) is 0.0543. The first-order chi connectivity index (χ1) is 57.9. The van der Waals surface area contributed by atoms with Gasteiger partial charge in [0.25, 0.3) is 0 Å². The van der Waals surface area contributed by atoms with Gasteiger partial charge in [-0.3, -0.25) is 95.9 Å². The van der Waals surface area contributed by atoms with Gasteiger partial charge in [0.2, 0.25) is 106 Å². The van der Waals surface area contributed by atoms with E-state index in [2.05, 4.69) is 79.8 Å². The number of nitrogens with zero attached hydrogens (tertiary/aromatic N) is 3. The SMILES string of the molecule is CC(C)C[C@H](NC(=O)CNC(=O)[C@H](Cc1ccccc1)NC(=O)[C@H](CC(=O)O)NC(=O)[C@H](Cc1ccc(O)cc1)NC(=O)CNC(=O)CNC(=O)CNC(=O)[C@H](CO)NC(=O)[C@@H]1CCCN1C(=O)CN)C(=O)N1CCC[C@H]1C(=O)NCC(=O)N[C@@H](C)C(=O)N1CCC[C@H]1C(=O)NCC(=O)N[C@@H](Cc1ccccc1)C(=O)N[C@H](C(=O)NCC(=O)O)C(C)C. The van der Waals surface area contributed by atoms with Crippen LogP contribution in [0.25, 0.3) is 0 Å². The van der Waals surface area contributed by atoms with Crippen LogP contribution >= 0.6 is 0 Å². The van der Waals surface area contributed by atoms with Gasteiger partial charge in [0.15, 0.2) is 0 Å². The number of hydrogen-bond donors (Lipinski definition) is 20. The molecular weight excluding hydrogens is 1600 g/mol. The van der Waals surface area contributed by atoms with Crippen LogP contribution in [-0.2, 0) is 115 Å². The largest absolute Gasteiger partial charge is 0.508 e. The van der Waals surface area contributed by atoms with E-state index in [1.165, 1.54) is 45.9 Å². The Morgan fingerprint density at radius 1 is 0.385 bits per heavy atom. The quantitative estimate of drug-likeness (QED) is 0.0250. The summed E-state index contributed by atoms with van der Waals surface area (Å²) >= 11 is 0. The van der Waals surface area contributed by atoms with Crippen molar-refractivity contribution in [1.82, 2.24) is 94.5 Å². The highest BCUT2D eigenvalue weighted by Gasteiger charge is 2.42. The van der Waals surface area contributed by atoms with Gasteiger partial charge >= 0.3 is 11.9 Å². The fourth-order valence-electron chi connectivity index (χ4n) is 13.6. The number of aliphatic hydroxyl groups excluding tert-OH is 1. The number of aliphatic hydroxyl groups is 1. The van der Waals surface area contributed by atoms with Crippen molar-refractivity contribution in [3.63, 3.8) is 0 Å². The van der Waals surface area contributed by atoms with Crippen LogP contribution in [0.1, 0.15) is 103 Å². The first-order valence-corrected chi connectivity index (χ1v) is 39.8. The van der Waals surface area contributed by atoms with Crippen LogP contribution in [0.5, 0.6) is 5.75 Å². The highest BCUT2D eigenvalue weighted by atomic mass is 16.4. The second-order valence-corrected chi connectivity index (χ2v) is 30.1. The first kappa shape index (κ1) is 97.6. The Balaban J connectivity index is 1.00. The van der Waals surface area contributed by atoms with E-state index in [1.54, 1.807) is 88.4 Å². The van der Waals surface area contributed by atoms with Gasteiger partial charge in [-0.05, 0) is 92.5 Å². The Morgan fingerprint density at radius 2 is 0.779 bits per heavy atom. The number of phenols is 1. The van der Waals surface area contributed by atoms with Gasteiger partial charge in [-0.15, -0.1) is 0 Å². The van der Waals surface area contributed by atoms with E-state index >= 15 is 0 Å². The molecule has 11 atom stereocenters. The van der Waals surface area contributed by atoms with E-state index in [0.29, 0.717) is 36.0 Å². The summed E-state index contributed by atoms with van der Waals surface area (Å²) in [6.45, 7) is 2.17. The lowest BCUT2D eigenvalue weighted by Gasteiger charge is -2.30. The van der Waals surface area contributed by atoms with E-state index in [9.17, 15) is 111 Å². The highest BCUT2D eigenvalue weighted by molar-refractivity contribution is 6.01. The van der Waals surface area contributed by atoms with E-state index in [-0.39, 0.29) is 82.8 Å². The number of amides is 18. The minimum absolute atomic E-state index is 0.0292. The maximum absolute atomic E-state index is 14.4. The highest BCUT2D eigenvalue weighted by Crippen LogP contribution is 2.23. The Hall–Kier alpha value is -13.2. The van der Waals surface area contributed by atoms with E-state index < -0.39 is 249 Å². The number of hydrogen-bond acceptors (Lipinski definition) is 23. The molecule has 664 valence electrons. The van der Waals surface area contributed by atoms with Gasteiger partial charge in [0.05, 0.1) is 58.8 Å². The summed E-state index contributed by atoms with van der Waals surface area (Å²) in [4.78, 5) is 269. The van der Waals surface area contributed by atoms with Crippen LogP contribution < -0.4 is 85.5 Å². The molecule has 0 bridgehead atoms. The van der Waals surface area contributed by atoms with E-state index in [4.69, 9.17) is 10.8 Å². The summed E-state index contributed by atoms with van der Waals surface area (Å²) in [7, 11) is 0. The topological polar surface area (TPSA) is 639 Å². The van der Waals surface area contributed by atoms with Gasteiger partial charge < -0.3 is 121 Å². The lowest BCUT2D eigenvalue weighted by atomic mass is 10.0. The van der Waals surface area contributed by atoms with Crippen LogP contribution in [0, 0.1) is 11.8 Å². The maximum atomic E-state index is 14.4. The minimum atomic E-state index is -1.97. The fraction of sp³-hybridized carbons (Fsp3) is 0.519. The predicted octanol–water partition coefficient (Wildman–Crippen LogP) is -7.68. The van der Waals surface area contributed by atoms with Crippen molar-refractivity contribution in [3.8, 4) is 5.75 Å². The van der Waals surface area contributed by atoms with Gasteiger partial charge in [0.1, 0.15) is 78.8 Å².